The van der Waals surface area contributed by atoms with Gasteiger partial charge in [0.2, 0.25) is 0 Å². The van der Waals surface area contributed by atoms with E-state index in [2.05, 4.69) is 25.8 Å². The molecule has 1 aromatic carbocycles. The summed E-state index contributed by atoms with van der Waals surface area (Å²) in [5.41, 5.74) is 2.32. The molecule has 0 radical (unpaired) electrons. The smallest absolute Gasteiger partial charge is 0.197 e. The predicted molar refractivity (Wildman–Crippen MR) is 60.6 cm³/mol. The topological polar surface area (TPSA) is 30.4 Å². The van der Waals surface area contributed by atoms with E-state index in [-0.39, 0.29) is 0 Å². The van der Waals surface area contributed by atoms with Gasteiger partial charge < -0.3 is 4.42 Å². The summed E-state index contributed by atoms with van der Waals surface area (Å²) in [6.07, 6.45) is 0. The van der Waals surface area contributed by atoms with Gasteiger partial charge in [-0.1, -0.05) is 24.3 Å². The summed E-state index contributed by atoms with van der Waals surface area (Å²) in [5, 5.41) is 0. The predicted octanol–water partition coefficient (Wildman–Crippen LogP) is 3.96. The van der Waals surface area contributed by atoms with Crippen LogP contribution >= 0.6 is 15.9 Å². The van der Waals surface area contributed by atoms with Crippen molar-refractivity contribution in [3.05, 3.63) is 46.2 Å². The van der Waals surface area contributed by atoms with Gasteiger partial charge in [-0.25, -0.2) is 9.83 Å². The van der Waals surface area contributed by atoms with Gasteiger partial charge >= 0.3 is 0 Å². The van der Waals surface area contributed by atoms with Gasteiger partial charge in [-0.3, -0.25) is 0 Å². The first-order chi connectivity index (χ1) is 7.20. The van der Waals surface area contributed by atoms with Gasteiger partial charge in [0.05, 0.1) is 6.57 Å². The maximum absolute atomic E-state index is 6.85. The van der Waals surface area contributed by atoms with Gasteiger partial charge in [-0.05, 0) is 15.9 Å². The summed E-state index contributed by atoms with van der Waals surface area (Å²) >= 11 is 3.30. The average Bonchev–Trinajstić information content (AvgIpc) is 2.58. The van der Waals surface area contributed by atoms with Crippen LogP contribution in [0.3, 0.4) is 0 Å². The van der Waals surface area contributed by atoms with E-state index in [4.69, 9.17) is 11.0 Å². The van der Waals surface area contributed by atoms with Gasteiger partial charge in [0.15, 0.2) is 16.2 Å². The molecule has 74 valence electrons. The van der Waals surface area contributed by atoms with Crippen LogP contribution in [-0.4, -0.2) is 4.98 Å². The Morgan fingerprint density at radius 3 is 2.47 bits per heavy atom. The fourth-order valence-corrected chi connectivity index (χ4v) is 1.83. The van der Waals surface area contributed by atoms with Crippen LogP contribution in [0.1, 0.15) is 5.89 Å². The minimum absolute atomic E-state index is 0.617. The third kappa shape index (κ3) is 1.92. The molecule has 0 aliphatic rings. The highest BCUT2D eigenvalue weighted by atomic mass is 79.9. The molecule has 1 heterocycles. The summed E-state index contributed by atoms with van der Waals surface area (Å²) in [6, 6.07) is 7.24. The van der Waals surface area contributed by atoms with Crippen LogP contribution in [0.25, 0.3) is 16.1 Å². The van der Waals surface area contributed by atoms with E-state index in [1.807, 2.05) is 12.1 Å². The fourth-order valence-electron chi connectivity index (χ4n) is 1.27. The highest BCUT2D eigenvalue weighted by molar-refractivity contribution is 9.10. The Bertz CT molecular complexity index is 523. The zero-order chi connectivity index (χ0) is 10.8. The lowest BCUT2D eigenvalue weighted by Crippen LogP contribution is -1.77. The van der Waals surface area contributed by atoms with Crippen molar-refractivity contribution >= 4 is 21.6 Å². The van der Waals surface area contributed by atoms with E-state index in [9.17, 15) is 0 Å². The van der Waals surface area contributed by atoms with E-state index in [0.717, 1.165) is 11.3 Å². The quantitative estimate of drug-likeness (QED) is 0.729. The number of nitrogens with zero attached hydrogens (tertiary/aromatic N) is 2. The molecule has 0 aliphatic heterocycles. The van der Waals surface area contributed by atoms with Crippen LogP contribution in [0.4, 0.5) is 5.69 Å². The standard InChI is InChI=1S/C11H7BrN2O/c1-7-14-10(11(12)15-7)8-3-5-9(13-2)6-4-8/h3-6H,1H3. The van der Waals surface area contributed by atoms with Crippen LogP contribution in [0.15, 0.2) is 33.4 Å². The van der Waals surface area contributed by atoms with Crippen LogP contribution < -0.4 is 0 Å². The summed E-state index contributed by atoms with van der Waals surface area (Å²) in [6.45, 7) is 8.64. The summed E-state index contributed by atoms with van der Waals surface area (Å²) in [7, 11) is 0. The summed E-state index contributed by atoms with van der Waals surface area (Å²) < 4.78 is 5.89. The Morgan fingerprint density at radius 1 is 1.33 bits per heavy atom. The minimum Gasteiger partial charge on any atom is -0.434 e. The number of halogens is 1. The Labute approximate surface area is 95.7 Å². The Kier molecular flexibility index (Phi) is 2.57. The molecular formula is C11H7BrN2O. The van der Waals surface area contributed by atoms with Crippen LogP contribution in [-0.2, 0) is 0 Å². The van der Waals surface area contributed by atoms with Gasteiger partial charge in [0.1, 0.15) is 5.69 Å². The Balaban J connectivity index is 2.46. The normalized spacial score (nSPS) is 9.93. The second-order valence-electron chi connectivity index (χ2n) is 3.01. The molecule has 2 rings (SSSR count). The summed E-state index contributed by atoms with van der Waals surface area (Å²) in [4.78, 5) is 7.57. The lowest BCUT2D eigenvalue weighted by atomic mass is 10.1. The maximum atomic E-state index is 6.85. The number of benzene rings is 1. The molecule has 15 heavy (non-hydrogen) atoms. The molecule has 0 atom stereocenters. The van der Waals surface area contributed by atoms with Crippen molar-refractivity contribution in [3.8, 4) is 11.3 Å². The number of aryl methyl sites for hydroxylation is 1. The van der Waals surface area contributed by atoms with Crippen molar-refractivity contribution in [3.63, 3.8) is 0 Å². The zero-order valence-corrected chi connectivity index (χ0v) is 9.58. The highest BCUT2D eigenvalue weighted by Gasteiger charge is 2.09. The van der Waals surface area contributed by atoms with E-state index in [1.54, 1.807) is 19.1 Å². The van der Waals surface area contributed by atoms with Crippen LogP contribution in [0.2, 0.25) is 0 Å². The molecule has 0 saturated carbocycles. The SMILES string of the molecule is [C-]#[N+]c1ccc(-c2nc(C)oc2Br)cc1. The molecule has 2 aromatic rings. The second kappa shape index (κ2) is 3.87. The number of aromatic nitrogens is 1. The van der Waals surface area contributed by atoms with Crippen molar-refractivity contribution in [2.24, 2.45) is 0 Å². The van der Waals surface area contributed by atoms with E-state index < -0.39 is 0 Å². The zero-order valence-electron chi connectivity index (χ0n) is 7.99. The highest BCUT2D eigenvalue weighted by Crippen LogP contribution is 2.29. The van der Waals surface area contributed by atoms with Gasteiger partial charge in [-0.15, -0.1) is 0 Å². The largest absolute Gasteiger partial charge is 0.434 e. The van der Waals surface area contributed by atoms with Crippen LogP contribution in [0.5, 0.6) is 0 Å². The Hall–Kier alpha value is -1.60. The third-order valence-electron chi connectivity index (χ3n) is 1.96. The first kappa shape index (κ1) is 9.94. The first-order valence-corrected chi connectivity index (χ1v) is 5.11. The molecule has 0 amide bonds. The molecular weight excluding hydrogens is 256 g/mol. The monoisotopic (exact) mass is 262 g/mol. The fraction of sp³-hybridized carbons (Fsp3) is 0.0909. The molecule has 0 N–H and O–H groups in total. The van der Waals surface area contributed by atoms with Crippen molar-refractivity contribution in [2.75, 3.05) is 0 Å². The summed E-state index contributed by atoms with van der Waals surface area (Å²) in [5.74, 6) is 0.617. The van der Waals surface area contributed by atoms with Gasteiger partial charge in [-0.2, -0.15) is 0 Å². The number of hydrogen-bond donors (Lipinski definition) is 0. The number of hydrogen-bond acceptors (Lipinski definition) is 2. The third-order valence-corrected chi connectivity index (χ3v) is 2.50. The maximum Gasteiger partial charge on any atom is 0.197 e. The average molecular weight is 263 g/mol. The molecule has 0 spiro atoms. The Morgan fingerprint density at radius 2 is 2.00 bits per heavy atom. The van der Waals surface area contributed by atoms with Crippen molar-refractivity contribution in [1.82, 2.24) is 4.98 Å². The molecule has 3 nitrogen and oxygen atoms in total. The van der Waals surface area contributed by atoms with Crippen molar-refractivity contribution in [2.45, 2.75) is 6.92 Å². The van der Waals surface area contributed by atoms with Crippen molar-refractivity contribution in [1.29, 1.82) is 0 Å². The van der Waals surface area contributed by atoms with Crippen molar-refractivity contribution < 1.29 is 4.42 Å². The van der Waals surface area contributed by atoms with E-state index >= 15 is 0 Å². The molecule has 1 aromatic heterocycles. The van der Waals surface area contributed by atoms with E-state index in [1.165, 1.54) is 0 Å². The lowest BCUT2D eigenvalue weighted by Gasteiger charge is -1.96. The molecule has 0 fully saturated rings. The minimum atomic E-state index is 0.617. The van der Waals surface area contributed by atoms with E-state index in [0.29, 0.717) is 16.2 Å². The van der Waals surface area contributed by atoms with Crippen LogP contribution in [0, 0.1) is 13.5 Å². The number of rotatable bonds is 1. The molecule has 4 heteroatoms. The molecule has 0 saturated heterocycles. The molecule has 0 bridgehead atoms. The molecule has 0 unspecified atom stereocenters. The first-order valence-electron chi connectivity index (χ1n) is 4.31. The number of oxazole rings is 1. The second-order valence-corrected chi connectivity index (χ2v) is 3.73. The van der Waals surface area contributed by atoms with Gasteiger partial charge in [0, 0.05) is 12.5 Å². The molecule has 0 aliphatic carbocycles. The van der Waals surface area contributed by atoms with Gasteiger partial charge in [0.25, 0.3) is 0 Å². The lowest BCUT2D eigenvalue weighted by molar-refractivity contribution is 0.500.